The minimum absolute atomic E-state index is 0.0235. The molecule has 1 saturated heterocycles. The minimum atomic E-state index is -0.0235. The molecule has 2 nitrogen and oxygen atoms in total. The number of halogens is 1. The van der Waals surface area contributed by atoms with Crippen LogP contribution in [0.4, 0.5) is 0 Å². The number of thioether (sulfide) groups is 1. The van der Waals surface area contributed by atoms with Crippen LogP contribution in [-0.4, -0.2) is 16.6 Å². The third-order valence-corrected chi connectivity index (χ3v) is 5.50. The van der Waals surface area contributed by atoms with Crippen molar-refractivity contribution in [3.8, 4) is 5.75 Å². The van der Waals surface area contributed by atoms with Crippen molar-refractivity contribution in [1.29, 1.82) is 0 Å². The monoisotopic (exact) mass is 313 g/mol. The van der Waals surface area contributed by atoms with Gasteiger partial charge in [0, 0.05) is 33.5 Å². The molecular formula is C13H16BrNOS. The average molecular weight is 314 g/mol. The van der Waals surface area contributed by atoms with Gasteiger partial charge in [0.1, 0.15) is 11.4 Å². The first-order valence-corrected chi connectivity index (χ1v) is 7.78. The molecule has 0 aliphatic carbocycles. The normalized spacial score (nSPS) is 35.7. The van der Waals surface area contributed by atoms with E-state index in [-0.39, 0.29) is 11.6 Å². The maximum Gasteiger partial charge on any atom is 0.125 e. The summed E-state index contributed by atoms with van der Waals surface area (Å²) in [5.74, 6) is 2.04. The Kier molecular flexibility index (Phi) is 2.92. The van der Waals surface area contributed by atoms with E-state index >= 15 is 0 Å². The Morgan fingerprint density at radius 3 is 3.00 bits per heavy atom. The molecule has 2 heterocycles. The van der Waals surface area contributed by atoms with Crippen molar-refractivity contribution < 1.29 is 4.74 Å². The number of hydrogen-bond donors (Lipinski definition) is 1. The zero-order valence-electron chi connectivity index (χ0n) is 9.78. The predicted octanol–water partition coefficient (Wildman–Crippen LogP) is 3.50. The average Bonchev–Trinajstić information content (AvgIpc) is 2.61. The van der Waals surface area contributed by atoms with Crippen molar-refractivity contribution in [2.75, 3.05) is 5.75 Å². The summed E-state index contributed by atoms with van der Waals surface area (Å²) >= 11 is 5.48. The van der Waals surface area contributed by atoms with Crippen LogP contribution in [0, 0.1) is 0 Å². The summed E-state index contributed by atoms with van der Waals surface area (Å²) in [6.07, 6.45) is 2.05. The van der Waals surface area contributed by atoms with Crippen molar-refractivity contribution in [2.45, 2.75) is 36.7 Å². The fourth-order valence-corrected chi connectivity index (χ4v) is 4.52. The molecule has 1 fully saturated rings. The second-order valence-electron chi connectivity index (χ2n) is 5.10. The molecule has 0 bridgehead atoms. The molecular weight excluding hydrogens is 298 g/mol. The van der Waals surface area contributed by atoms with E-state index in [1.54, 1.807) is 0 Å². The quantitative estimate of drug-likeness (QED) is 0.796. The lowest BCUT2D eigenvalue weighted by Gasteiger charge is -2.38. The Morgan fingerprint density at radius 1 is 1.47 bits per heavy atom. The van der Waals surface area contributed by atoms with Crippen LogP contribution in [0.25, 0.3) is 0 Å². The van der Waals surface area contributed by atoms with Crippen LogP contribution in [0.2, 0.25) is 0 Å². The van der Waals surface area contributed by atoms with Gasteiger partial charge in [0.15, 0.2) is 0 Å². The topological polar surface area (TPSA) is 35.2 Å². The standard InChI is InChI=1S/C13H16BrNOS/c1-8-5-13(7-17-8)6-11(15)10-4-9(14)2-3-12(10)16-13/h2-4,8,11H,5-7,15H2,1H3/t8?,11-,13?/m1/s1. The Bertz CT molecular complexity index is 453. The van der Waals surface area contributed by atoms with Gasteiger partial charge in [0.05, 0.1) is 0 Å². The summed E-state index contributed by atoms with van der Waals surface area (Å²) in [6, 6.07) is 6.24. The van der Waals surface area contributed by atoms with Gasteiger partial charge in [-0.1, -0.05) is 22.9 Å². The van der Waals surface area contributed by atoms with E-state index in [0.29, 0.717) is 5.25 Å². The van der Waals surface area contributed by atoms with Gasteiger partial charge in [-0.15, -0.1) is 0 Å². The van der Waals surface area contributed by atoms with E-state index in [0.717, 1.165) is 34.4 Å². The summed E-state index contributed by atoms with van der Waals surface area (Å²) in [5.41, 5.74) is 7.42. The molecule has 0 amide bonds. The molecule has 2 unspecified atom stereocenters. The van der Waals surface area contributed by atoms with Crippen molar-refractivity contribution in [3.05, 3.63) is 28.2 Å². The Hall–Kier alpha value is -0.190. The van der Waals surface area contributed by atoms with Crippen LogP contribution in [-0.2, 0) is 0 Å². The third kappa shape index (κ3) is 2.11. The second-order valence-corrected chi connectivity index (χ2v) is 7.45. The summed E-state index contributed by atoms with van der Waals surface area (Å²) < 4.78 is 7.32. The number of ether oxygens (including phenoxy) is 1. The zero-order chi connectivity index (χ0) is 12.0. The summed E-state index contributed by atoms with van der Waals surface area (Å²) in [5, 5.41) is 0.680. The molecule has 17 heavy (non-hydrogen) atoms. The molecule has 4 heteroatoms. The van der Waals surface area contributed by atoms with Crippen LogP contribution in [0.15, 0.2) is 22.7 Å². The first-order valence-electron chi connectivity index (χ1n) is 5.94. The van der Waals surface area contributed by atoms with E-state index in [1.165, 1.54) is 0 Å². The lowest BCUT2D eigenvalue weighted by Crippen LogP contribution is -2.43. The Labute approximate surface area is 114 Å². The summed E-state index contributed by atoms with van der Waals surface area (Å²) in [7, 11) is 0. The van der Waals surface area contributed by atoms with Crippen molar-refractivity contribution in [3.63, 3.8) is 0 Å². The first-order chi connectivity index (χ1) is 8.08. The van der Waals surface area contributed by atoms with E-state index in [9.17, 15) is 0 Å². The highest BCUT2D eigenvalue weighted by Crippen LogP contribution is 2.47. The van der Waals surface area contributed by atoms with E-state index in [4.69, 9.17) is 10.5 Å². The second kappa shape index (κ2) is 4.18. The predicted molar refractivity (Wildman–Crippen MR) is 75.6 cm³/mol. The van der Waals surface area contributed by atoms with Gasteiger partial charge in [-0.05, 0) is 24.6 Å². The first kappa shape index (κ1) is 11.9. The Morgan fingerprint density at radius 2 is 2.29 bits per heavy atom. The molecule has 92 valence electrons. The number of nitrogens with two attached hydrogens (primary N) is 1. The number of rotatable bonds is 0. The van der Waals surface area contributed by atoms with Crippen LogP contribution in [0.3, 0.4) is 0 Å². The maximum atomic E-state index is 6.31. The molecule has 3 rings (SSSR count). The SMILES string of the molecule is CC1CC2(CS1)C[C@@H](N)c1cc(Br)ccc1O2. The molecule has 2 N–H and O–H groups in total. The van der Waals surface area contributed by atoms with E-state index < -0.39 is 0 Å². The van der Waals surface area contributed by atoms with Gasteiger partial charge in [0.2, 0.25) is 0 Å². The van der Waals surface area contributed by atoms with Crippen molar-refractivity contribution in [2.24, 2.45) is 5.73 Å². The molecule has 0 saturated carbocycles. The largest absolute Gasteiger partial charge is 0.486 e. The van der Waals surface area contributed by atoms with Gasteiger partial charge in [-0.2, -0.15) is 11.8 Å². The van der Waals surface area contributed by atoms with Gasteiger partial charge >= 0.3 is 0 Å². The number of fused-ring (bicyclic) bond motifs is 1. The molecule has 0 aromatic heterocycles. The Balaban J connectivity index is 1.96. The van der Waals surface area contributed by atoms with E-state index in [2.05, 4.69) is 28.9 Å². The van der Waals surface area contributed by atoms with Gasteiger partial charge in [-0.3, -0.25) is 0 Å². The molecule has 1 aromatic carbocycles. The highest BCUT2D eigenvalue weighted by atomic mass is 79.9. The van der Waals surface area contributed by atoms with Gasteiger partial charge in [0.25, 0.3) is 0 Å². The zero-order valence-corrected chi connectivity index (χ0v) is 12.2. The lowest BCUT2D eigenvalue weighted by molar-refractivity contribution is 0.0575. The highest BCUT2D eigenvalue weighted by molar-refractivity contribution is 9.10. The smallest absolute Gasteiger partial charge is 0.125 e. The highest BCUT2D eigenvalue weighted by Gasteiger charge is 2.45. The number of benzene rings is 1. The number of hydrogen-bond acceptors (Lipinski definition) is 3. The molecule has 0 radical (unpaired) electrons. The fourth-order valence-electron chi connectivity index (χ4n) is 2.84. The van der Waals surface area contributed by atoms with Crippen molar-refractivity contribution >= 4 is 27.7 Å². The van der Waals surface area contributed by atoms with Crippen LogP contribution in [0.1, 0.15) is 31.4 Å². The van der Waals surface area contributed by atoms with Crippen LogP contribution >= 0.6 is 27.7 Å². The molecule has 2 aliphatic rings. The third-order valence-electron chi connectivity index (χ3n) is 3.58. The fraction of sp³-hybridized carbons (Fsp3) is 0.538. The molecule has 1 aromatic rings. The summed E-state index contributed by atoms with van der Waals surface area (Å²) in [4.78, 5) is 0. The molecule has 2 aliphatic heterocycles. The van der Waals surface area contributed by atoms with Gasteiger partial charge < -0.3 is 10.5 Å². The minimum Gasteiger partial charge on any atom is -0.486 e. The lowest BCUT2D eigenvalue weighted by atomic mass is 9.86. The maximum absolute atomic E-state index is 6.31. The van der Waals surface area contributed by atoms with E-state index in [1.807, 2.05) is 23.9 Å². The molecule has 3 atom stereocenters. The van der Waals surface area contributed by atoms with Crippen LogP contribution < -0.4 is 10.5 Å². The summed E-state index contributed by atoms with van der Waals surface area (Å²) in [6.45, 7) is 2.27. The van der Waals surface area contributed by atoms with Crippen molar-refractivity contribution in [1.82, 2.24) is 0 Å². The van der Waals surface area contributed by atoms with Crippen LogP contribution in [0.5, 0.6) is 5.75 Å². The molecule has 1 spiro atoms. The van der Waals surface area contributed by atoms with Gasteiger partial charge in [-0.25, -0.2) is 0 Å².